The summed E-state index contributed by atoms with van der Waals surface area (Å²) in [4.78, 5) is 2.48. The van der Waals surface area contributed by atoms with Crippen LogP contribution in [0.2, 0.25) is 0 Å². The minimum atomic E-state index is 0.0249. The number of nitrogens with one attached hydrogen (secondary N) is 1. The predicted molar refractivity (Wildman–Crippen MR) is 58.8 cm³/mol. The van der Waals surface area contributed by atoms with Crippen LogP contribution < -0.4 is 5.32 Å². The molecule has 0 aromatic carbocycles. The topological polar surface area (TPSA) is 44.7 Å². The van der Waals surface area contributed by atoms with Crippen LogP contribution in [0.5, 0.6) is 0 Å². The van der Waals surface area contributed by atoms with Gasteiger partial charge in [0.25, 0.3) is 0 Å². The molecule has 2 aliphatic heterocycles. The van der Waals surface area contributed by atoms with E-state index in [1.807, 2.05) is 0 Å². The number of hydrogen-bond acceptors (Lipinski definition) is 4. The molecule has 0 spiro atoms. The fraction of sp³-hybridized carbons (Fsp3) is 1.00. The smallest absolute Gasteiger partial charge is 0.0932 e. The van der Waals surface area contributed by atoms with Gasteiger partial charge >= 0.3 is 0 Å². The van der Waals surface area contributed by atoms with Crippen LogP contribution in [-0.4, -0.2) is 61.5 Å². The van der Waals surface area contributed by atoms with Crippen LogP contribution in [-0.2, 0) is 4.74 Å². The molecule has 2 heterocycles. The first kappa shape index (κ1) is 11.3. The number of aliphatic hydroxyl groups is 1. The standard InChI is InChI=1S/C11H22N2O2/c1-2-9-5-12-6-11(9)13-3-4-15-10(7-13)8-14/h9-12,14H,2-8H2,1H3. The van der Waals surface area contributed by atoms with Gasteiger partial charge in [-0.2, -0.15) is 0 Å². The van der Waals surface area contributed by atoms with Crippen molar-refractivity contribution in [1.82, 2.24) is 10.2 Å². The molecule has 3 atom stereocenters. The molecule has 2 fully saturated rings. The van der Waals surface area contributed by atoms with E-state index in [4.69, 9.17) is 9.84 Å². The number of morpholine rings is 1. The van der Waals surface area contributed by atoms with Crippen molar-refractivity contribution >= 4 is 0 Å². The van der Waals surface area contributed by atoms with E-state index in [1.54, 1.807) is 0 Å². The Bertz CT molecular complexity index is 201. The fourth-order valence-electron chi connectivity index (χ4n) is 2.72. The van der Waals surface area contributed by atoms with Crippen molar-refractivity contribution in [2.45, 2.75) is 25.5 Å². The maximum Gasteiger partial charge on any atom is 0.0932 e. The Kier molecular flexibility index (Phi) is 3.97. The third-order valence-corrected chi connectivity index (χ3v) is 3.67. The summed E-state index contributed by atoms with van der Waals surface area (Å²) in [6.07, 6.45) is 1.26. The van der Waals surface area contributed by atoms with Crippen molar-refractivity contribution < 1.29 is 9.84 Å². The van der Waals surface area contributed by atoms with E-state index < -0.39 is 0 Å². The quantitative estimate of drug-likeness (QED) is 0.676. The lowest BCUT2D eigenvalue weighted by molar-refractivity contribution is -0.0671. The molecule has 2 aliphatic rings. The molecule has 2 N–H and O–H groups in total. The van der Waals surface area contributed by atoms with Crippen molar-refractivity contribution in [2.24, 2.45) is 5.92 Å². The molecule has 2 rings (SSSR count). The average molecular weight is 214 g/mol. The Morgan fingerprint density at radius 3 is 3.07 bits per heavy atom. The molecule has 4 heteroatoms. The third-order valence-electron chi connectivity index (χ3n) is 3.67. The van der Waals surface area contributed by atoms with Gasteiger partial charge in [-0.25, -0.2) is 0 Å². The van der Waals surface area contributed by atoms with Gasteiger partial charge in [0.15, 0.2) is 0 Å². The van der Waals surface area contributed by atoms with E-state index in [2.05, 4.69) is 17.1 Å². The maximum absolute atomic E-state index is 9.11. The zero-order valence-corrected chi connectivity index (χ0v) is 9.48. The van der Waals surface area contributed by atoms with Gasteiger partial charge in [-0.05, 0) is 12.5 Å². The predicted octanol–water partition coefficient (Wildman–Crippen LogP) is -0.322. The minimum Gasteiger partial charge on any atom is -0.394 e. The molecular weight excluding hydrogens is 192 g/mol. The number of hydrogen-bond donors (Lipinski definition) is 2. The molecule has 2 saturated heterocycles. The first-order valence-corrected chi connectivity index (χ1v) is 6.02. The van der Waals surface area contributed by atoms with Crippen LogP contribution in [0.3, 0.4) is 0 Å². The maximum atomic E-state index is 9.11. The lowest BCUT2D eigenvalue weighted by atomic mass is 9.98. The summed E-state index contributed by atoms with van der Waals surface area (Å²) in [5.74, 6) is 0.766. The van der Waals surface area contributed by atoms with Crippen LogP contribution >= 0.6 is 0 Å². The lowest BCUT2D eigenvalue weighted by Gasteiger charge is -2.38. The van der Waals surface area contributed by atoms with Crippen LogP contribution in [0.25, 0.3) is 0 Å². The van der Waals surface area contributed by atoms with Gasteiger partial charge in [0.2, 0.25) is 0 Å². The van der Waals surface area contributed by atoms with E-state index in [0.29, 0.717) is 6.04 Å². The van der Waals surface area contributed by atoms with Crippen LogP contribution in [0.15, 0.2) is 0 Å². The summed E-state index contributed by atoms with van der Waals surface area (Å²) >= 11 is 0. The van der Waals surface area contributed by atoms with Gasteiger partial charge < -0.3 is 15.2 Å². The van der Waals surface area contributed by atoms with Crippen LogP contribution in [0, 0.1) is 5.92 Å². The highest BCUT2D eigenvalue weighted by Gasteiger charge is 2.33. The van der Waals surface area contributed by atoms with Gasteiger partial charge in [0.1, 0.15) is 0 Å². The highest BCUT2D eigenvalue weighted by atomic mass is 16.5. The molecule has 0 radical (unpaired) electrons. The van der Waals surface area contributed by atoms with Gasteiger partial charge in [-0.1, -0.05) is 13.3 Å². The van der Waals surface area contributed by atoms with Gasteiger partial charge in [0.05, 0.1) is 19.3 Å². The monoisotopic (exact) mass is 214 g/mol. The van der Waals surface area contributed by atoms with Crippen molar-refractivity contribution in [3.63, 3.8) is 0 Å². The Morgan fingerprint density at radius 2 is 2.33 bits per heavy atom. The summed E-state index contributed by atoms with van der Waals surface area (Å²) < 4.78 is 5.47. The van der Waals surface area contributed by atoms with E-state index in [9.17, 15) is 0 Å². The number of ether oxygens (including phenoxy) is 1. The molecule has 0 aliphatic carbocycles. The van der Waals surface area contributed by atoms with Crippen molar-refractivity contribution in [1.29, 1.82) is 0 Å². The van der Waals surface area contributed by atoms with Gasteiger partial charge in [-0.15, -0.1) is 0 Å². The number of aliphatic hydroxyl groups excluding tert-OH is 1. The fourth-order valence-corrected chi connectivity index (χ4v) is 2.72. The summed E-state index contributed by atoms with van der Waals surface area (Å²) in [6, 6.07) is 0.646. The normalized spacial score (nSPS) is 38.4. The summed E-state index contributed by atoms with van der Waals surface area (Å²) in [7, 11) is 0. The molecular formula is C11H22N2O2. The van der Waals surface area contributed by atoms with E-state index in [-0.39, 0.29) is 12.7 Å². The van der Waals surface area contributed by atoms with Gasteiger partial charge in [0, 0.05) is 25.7 Å². The number of nitrogens with zero attached hydrogens (tertiary/aromatic N) is 1. The largest absolute Gasteiger partial charge is 0.394 e. The van der Waals surface area contributed by atoms with Crippen LogP contribution in [0.4, 0.5) is 0 Å². The van der Waals surface area contributed by atoms with E-state index >= 15 is 0 Å². The summed E-state index contributed by atoms with van der Waals surface area (Å²) in [5, 5.41) is 12.6. The van der Waals surface area contributed by atoms with E-state index in [0.717, 1.165) is 38.7 Å². The second kappa shape index (κ2) is 5.25. The molecule has 0 amide bonds. The van der Waals surface area contributed by atoms with Crippen molar-refractivity contribution in [2.75, 3.05) is 39.4 Å². The molecule has 0 saturated carbocycles. The number of rotatable bonds is 3. The first-order valence-electron chi connectivity index (χ1n) is 6.02. The molecule has 3 unspecified atom stereocenters. The minimum absolute atomic E-state index is 0.0249. The Morgan fingerprint density at radius 1 is 1.47 bits per heavy atom. The zero-order valence-electron chi connectivity index (χ0n) is 9.48. The lowest BCUT2D eigenvalue weighted by Crippen LogP contribution is -2.51. The third kappa shape index (κ3) is 2.50. The molecule has 88 valence electrons. The Hall–Kier alpha value is -0.160. The van der Waals surface area contributed by atoms with Gasteiger partial charge in [-0.3, -0.25) is 4.90 Å². The Labute approximate surface area is 91.6 Å². The molecule has 0 aromatic rings. The molecule has 15 heavy (non-hydrogen) atoms. The molecule has 0 aromatic heterocycles. The first-order chi connectivity index (χ1) is 7.35. The molecule has 4 nitrogen and oxygen atoms in total. The average Bonchev–Trinajstić information content (AvgIpc) is 2.77. The highest BCUT2D eigenvalue weighted by Crippen LogP contribution is 2.21. The molecule has 0 bridgehead atoms. The highest BCUT2D eigenvalue weighted by molar-refractivity contribution is 4.90. The van der Waals surface area contributed by atoms with Crippen LogP contribution in [0.1, 0.15) is 13.3 Å². The Balaban J connectivity index is 1.91. The van der Waals surface area contributed by atoms with Crippen molar-refractivity contribution in [3.05, 3.63) is 0 Å². The van der Waals surface area contributed by atoms with E-state index in [1.165, 1.54) is 6.42 Å². The second-order valence-corrected chi connectivity index (χ2v) is 4.56. The summed E-state index contributed by atoms with van der Waals surface area (Å²) in [6.45, 7) is 7.30. The summed E-state index contributed by atoms with van der Waals surface area (Å²) in [5.41, 5.74) is 0. The van der Waals surface area contributed by atoms with Crippen molar-refractivity contribution in [3.8, 4) is 0 Å². The second-order valence-electron chi connectivity index (χ2n) is 4.56. The SMILES string of the molecule is CCC1CNCC1N1CCOC(CO)C1. The zero-order chi connectivity index (χ0) is 10.7.